The van der Waals surface area contributed by atoms with Crippen LogP contribution in [0, 0.1) is 6.92 Å². The third-order valence-corrected chi connectivity index (χ3v) is 4.68. The molecule has 0 bridgehead atoms. The number of aromatic nitrogens is 3. The van der Waals surface area contributed by atoms with Gasteiger partial charge in [0.15, 0.2) is 0 Å². The average Bonchev–Trinajstić information content (AvgIpc) is 3.09. The average molecular weight is 354 g/mol. The van der Waals surface area contributed by atoms with Crippen molar-refractivity contribution in [3.05, 3.63) is 47.0 Å². The van der Waals surface area contributed by atoms with Gasteiger partial charge in [-0.15, -0.1) is 10.2 Å². The second-order valence-electron chi connectivity index (χ2n) is 6.33. The summed E-state index contributed by atoms with van der Waals surface area (Å²) < 4.78 is 42.0. The van der Waals surface area contributed by atoms with Crippen LogP contribution in [0.3, 0.4) is 0 Å². The van der Waals surface area contributed by atoms with Crippen molar-refractivity contribution in [3.8, 4) is 0 Å². The van der Waals surface area contributed by atoms with E-state index >= 15 is 0 Å². The van der Waals surface area contributed by atoms with E-state index < -0.39 is 23.9 Å². The van der Waals surface area contributed by atoms with Crippen molar-refractivity contribution < 1.29 is 18.3 Å². The molecule has 2 heterocycles. The highest BCUT2D eigenvalue weighted by Gasteiger charge is 2.40. The SMILES string of the molecule is CCn1c(C)nnc1CN1CC(O)CC1c1ccccc1C(F)(F)F. The zero-order valence-corrected chi connectivity index (χ0v) is 14.2. The number of nitrogens with zero attached hydrogens (tertiary/aromatic N) is 4. The molecule has 2 unspecified atom stereocenters. The topological polar surface area (TPSA) is 54.2 Å². The summed E-state index contributed by atoms with van der Waals surface area (Å²) in [5.74, 6) is 1.47. The second-order valence-corrected chi connectivity index (χ2v) is 6.33. The maximum Gasteiger partial charge on any atom is 0.416 e. The molecule has 1 aromatic carbocycles. The van der Waals surface area contributed by atoms with Gasteiger partial charge in [0.1, 0.15) is 11.6 Å². The number of β-amino-alcohol motifs (C(OH)–C–C–N with tert-alkyl or cyclic N) is 1. The van der Waals surface area contributed by atoms with E-state index in [0.29, 0.717) is 25.5 Å². The van der Waals surface area contributed by atoms with Gasteiger partial charge in [0.2, 0.25) is 0 Å². The largest absolute Gasteiger partial charge is 0.416 e. The van der Waals surface area contributed by atoms with Gasteiger partial charge >= 0.3 is 6.18 Å². The van der Waals surface area contributed by atoms with Crippen LogP contribution < -0.4 is 0 Å². The van der Waals surface area contributed by atoms with E-state index in [4.69, 9.17) is 0 Å². The summed E-state index contributed by atoms with van der Waals surface area (Å²) in [5.41, 5.74) is -0.446. The Labute approximate surface area is 144 Å². The van der Waals surface area contributed by atoms with E-state index in [9.17, 15) is 18.3 Å². The van der Waals surface area contributed by atoms with Crippen LogP contribution >= 0.6 is 0 Å². The Balaban J connectivity index is 1.93. The number of likely N-dealkylation sites (tertiary alicyclic amines) is 1. The van der Waals surface area contributed by atoms with Crippen molar-refractivity contribution in [2.45, 2.75) is 51.7 Å². The van der Waals surface area contributed by atoms with Gasteiger partial charge in [0.05, 0.1) is 18.2 Å². The Morgan fingerprint density at radius 2 is 1.96 bits per heavy atom. The van der Waals surface area contributed by atoms with Crippen molar-refractivity contribution in [1.82, 2.24) is 19.7 Å². The molecule has 5 nitrogen and oxygen atoms in total. The zero-order chi connectivity index (χ0) is 18.2. The van der Waals surface area contributed by atoms with Crippen LogP contribution in [0.15, 0.2) is 24.3 Å². The first-order valence-corrected chi connectivity index (χ1v) is 8.28. The second kappa shape index (κ2) is 6.76. The first-order valence-electron chi connectivity index (χ1n) is 8.28. The summed E-state index contributed by atoms with van der Waals surface area (Å²) in [6, 6.07) is 5.08. The minimum atomic E-state index is -4.42. The molecule has 1 aliphatic rings. The van der Waals surface area contributed by atoms with Gasteiger partial charge < -0.3 is 9.67 Å². The molecule has 1 aliphatic heterocycles. The normalized spacial score (nSPS) is 21.8. The molecule has 0 radical (unpaired) electrons. The molecular weight excluding hydrogens is 333 g/mol. The lowest BCUT2D eigenvalue weighted by molar-refractivity contribution is -0.138. The molecule has 3 rings (SSSR count). The number of aryl methyl sites for hydroxylation is 1. The number of halogens is 3. The fourth-order valence-electron chi connectivity index (χ4n) is 3.56. The van der Waals surface area contributed by atoms with Crippen molar-refractivity contribution >= 4 is 0 Å². The number of benzene rings is 1. The van der Waals surface area contributed by atoms with Gasteiger partial charge in [0.25, 0.3) is 0 Å². The maximum absolute atomic E-state index is 13.4. The minimum Gasteiger partial charge on any atom is -0.392 e. The van der Waals surface area contributed by atoms with Gasteiger partial charge in [-0.3, -0.25) is 4.90 Å². The third-order valence-electron chi connectivity index (χ3n) is 4.68. The molecule has 0 spiro atoms. The van der Waals surface area contributed by atoms with E-state index in [1.807, 2.05) is 23.3 Å². The fraction of sp³-hybridized carbons (Fsp3) is 0.529. The summed E-state index contributed by atoms with van der Waals surface area (Å²) in [6.07, 6.45) is -4.81. The molecule has 0 amide bonds. The molecule has 136 valence electrons. The number of alkyl halides is 3. The van der Waals surface area contributed by atoms with Gasteiger partial charge in [-0.25, -0.2) is 0 Å². The summed E-state index contributed by atoms with van der Waals surface area (Å²) >= 11 is 0. The predicted octanol–water partition coefficient (Wildman–Crippen LogP) is 2.93. The lowest BCUT2D eigenvalue weighted by Crippen LogP contribution is -2.27. The molecule has 2 aromatic rings. The minimum absolute atomic E-state index is 0.200. The van der Waals surface area contributed by atoms with Crippen LogP contribution in [0.4, 0.5) is 13.2 Å². The lowest BCUT2D eigenvalue weighted by atomic mass is 9.97. The number of aliphatic hydroxyl groups excluding tert-OH is 1. The van der Waals surface area contributed by atoms with Crippen molar-refractivity contribution in [1.29, 1.82) is 0 Å². The van der Waals surface area contributed by atoms with Gasteiger partial charge in [0, 0.05) is 19.1 Å². The molecule has 25 heavy (non-hydrogen) atoms. The first-order chi connectivity index (χ1) is 11.8. The van der Waals surface area contributed by atoms with E-state index in [-0.39, 0.29) is 12.0 Å². The molecule has 2 atom stereocenters. The Hall–Kier alpha value is -1.93. The zero-order valence-electron chi connectivity index (χ0n) is 14.2. The highest BCUT2D eigenvalue weighted by Crippen LogP contribution is 2.40. The molecule has 1 N–H and O–H groups in total. The number of hydrogen-bond donors (Lipinski definition) is 1. The van der Waals surface area contributed by atoms with Crippen LogP contribution in [0.2, 0.25) is 0 Å². The van der Waals surface area contributed by atoms with Crippen LogP contribution in [0.5, 0.6) is 0 Å². The van der Waals surface area contributed by atoms with Crippen LogP contribution in [-0.2, 0) is 19.3 Å². The molecule has 0 aliphatic carbocycles. The Morgan fingerprint density at radius 1 is 1.24 bits per heavy atom. The number of rotatable bonds is 4. The van der Waals surface area contributed by atoms with Gasteiger partial charge in [-0.05, 0) is 31.9 Å². The maximum atomic E-state index is 13.4. The van der Waals surface area contributed by atoms with E-state index in [0.717, 1.165) is 11.9 Å². The van der Waals surface area contributed by atoms with Crippen molar-refractivity contribution in [2.24, 2.45) is 0 Å². The number of aliphatic hydroxyl groups is 1. The van der Waals surface area contributed by atoms with Crippen molar-refractivity contribution in [3.63, 3.8) is 0 Å². The highest BCUT2D eigenvalue weighted by molar-refractivity contribution is 5.33. The van der Waals surface area contributed by atoms with E-state index in [1.165, 1.54) is 12.1 Å². The number of hydrogen-bond acceptors (Lipinski definition) is 4. The van der Waals surface area contributed by atoms with Crippen LogP contribution in [0.1, 0.15) is 42.2 Å². The van der Waals surface area contributed by atoms with Crippen LogP contribution in [0.25, 0.3) is 0 Å². The molecule has 1 fully saturated rings. The molecule has 8 heteroatoms. The Kier molecular flexibility index (Phi) is 4.83. The third kappa shape index (κ3) is 3.55. The monoisotopic (exact) mass is 354 g/mol. The quantitative estimate of drug-likeness (QED) is 0.917. The first kappa shape index (κ1) is 17.9. The molecule has 0 saturated carbocycles. The van der Waals surface area contributed by atoms with Crippen LogP contribution in [-0.4, -0.2) is 37.4 Å². The molecule has 1 saturated heterocycles. The fourth-order valence-corrected chi connectivity index (χ4v) is 3.56. The smallest absolute Gasteiger partial charge is 0.392 e. The summed E-state index contributed by atoms with van der Waals surface area (Å²) in [7, 11) is 0. The van der Waals surface area contributed by atoms with Gasteiger partial charge in [-0.1, -0.05) is 18.2 Å². The summed E-state index contributed by atoms with van der Waals surface area (Å²) in [6.45, 7) is 5.16. The van der Waals surface area contributed by atoms with E-state index in [1.54, 1.807) is 6.07 Å². The Bertz CT molecular complexity index is 744. The highest BCUT2D eigenvalue weighted by atomic mass is 19.4. The lowest BCUT2D eigenvalue weighted by Gasteiger charge is -2.26. The predicted molar refractivity (Wildman–Crippen MR) is 85.7 cm³/mol. The molecule has 1 aromatic heterocycles. The summed E-state index contributed by atoms with van der Waals surface area (Å²) in [5, 5.41) is 18.3. The van der Waals surface area contributed by atoms with Crippen molar-refractivity contribution in [2.75, 3.05) is 6.54 Å². The van der Waals surface area contributed by atoms with Gasteiger partial charge in [-0.2, -0.15) is 13.2 Å². The summed E-state index contributed by atoms with van der Waals surface area (Å²) in [4.78, 5) is 1.85. The Morgan fingerprint density at radius 3 is 2.64 bits per heavy atom. The van der Waals surface area contributed by atoms with E-state index in [2.05, 4.69) is 10.2 Å². The molecular formula is C17H21F3N4O. The standard InChI is InChI=1S/C17H21F3N4O/c1-3-24-11(2)21-22-16(24)10-23-9-12(25)8-15(23)13-6-4-5-7-14(13)17(18,19)20/h4-7,12,15,25H,3,8-10H2,1-2H3.